The average molecular weight is 496 g/mol. The molecule has 6 nitrogen and oxygen atoms in total. The molecule has 2 aromatic rings. The fraction of sp³-hybridized carbons (Fsp3) is 0.364. The summed E-state index contributed by atoms with van der Waals surface area (Å²) in [5, 5.41) is 17.6. The lowest BCUT2D eigenvalue weighted by Crippen LogP contribution is -2.38. The summed E-state index contributed by atoms with van der Waals surface area (Å²) >= 11 is 0. The molecular weight excluding hydrogens is 474 g/mol. The van der Waals surface area contributed by atoms with Crippen LogP contribution in [0.4, 0.5) is 26.3 Å². The Hall–Kier alpha value is -3.44. The van der Waals surface area contributed by atoms with Crippen LogP contribution in [0.1, 0.15) is 38.8 Å². The van der Waals surface area contributed by atoms with Crippen molar-refractivity contribution in [3.8, 4) is 11.5 Å². The molecule has 2 rings (SSSR count). The molecule has 0 amide bonds. The van der Waals surface area contributed by atoms with Crippen molar-refractivity contribution in [2.75, 3.05) is 0 Å². The monoisotopic (exact) mass is 496 g/mol. The van der Waals surface area contributed by atoms with Crippen molar-refractivity contribution in [1.29, 1.82) is 0 Å². The highest BCUT2D eigenvalue weighted by Gasteiger charge is 2.38. The number of rotatable bonds is 6. The van der Waals surface area contributed by atoms with Gasteiger partial charge in [-0.05, 0) is 52.0 Å². The number of halogens is 6. The second kappa shape index (κ2) is 10.2. The van der Waals surface area contributed by atoms with E-state index in [1.807, 2.05) is 0 Å². The van der Waals surface area contributed by atoms with E-state index in [-0.39, 0.29) is 0 Å². The molecule has 0 bridgehead atoms. The van der Waals surface area contributed by atoms with Crippen LogP contribution >= 0.6 is 0 Å². The maximum atomic E-state index is 12.6. The molecule has 0 saturated carbocycles. The standard InChI is InChI=1S/2C11H11F3O3/c2*1-10(2,9(15)16)17-8-6-4-3-5-7(8)11(12,13)14/h2*3-6H,1-2H3,(H,15,16). The minimum Gasteiger partial charge on any atom is -0.478 e. The van der Waals surface area contributed by atoms with Gasteiger partial charge in [0.1, 0.15) is 11.5 Å². The first-order valence-electron chi connectivity index (χ1n) is 9.46. The van der Waals surface area contributed by atoms with Crippen LogP contribution in [0.2, 0.25) is 0 Å². The minimum absolute atomic E-state index is 0.493. The van der Waals surface area contributed by atoms with Crippen LogP contribution in [0.3, 0.4) is 0 Å². The van der Waals surface area contributed by atoms with Gasteiger partial charge in [-0.1, -0.05) is 24.3 Å². The van der Waals surface area contributed by atoms with Crippen LogP contribution in [0.5, 0.6) is 11.5 Å². The molecule has 0 heterocycles. The lowest BCUT2D eigenvalue weighted by molar-refractivity contribution is -0.155. The Labute approximate surface area is 190 Å². The molecular formula is C22H22F6O6. The number of carboxylic acid groups (broad SMARTS) is 2. The molecule has 0 aliphatic heterocycles. The van der Waals surface area contributed by atoms with Crippen LogP contribution in [-0.4, -0.2) is 33.4 Å². The largest absolute Gasteiger partial charge is 0.478 e. The molecule has 0 aliphatic carbocycles. The van der Waals surface area contributed by atoms with Crippen LogP contribution in [0, 0.1) is 0 Å². The Morgan fingerprint density at radius 3 is 1.12 bits per heavy atom. The van der Waals surface area contributed by atoms with Crippen molar-refractivity contribution in [1.82, 2.24) is 0 Å². The van der Waals surface area contributed by atoms with E-state index < -0.39 is 58.1 Å². The van der Waals surface area contributed by atoms with Crippen molar-refractivity contribution < 1.29 is 55.6 Å². The highest BCUT2D eigenvalue weighted by Crippen LogP contribution is 2.38. The SMILES string of the molecule is CC(C)(Oc1ccccc1C(F)(F)F)C(=O)O.CC(C)(Oc1ccccc1C(F)(F)F)C(=O)O. The summed E-state index contributed by atoms with van der Waals surface area (Å²) in [5.74, 6) is -3.66. The van der Waals surface area contributed by atoms with Gasteiger partial charge in [0.15, 0.2) is 11.2 Å². The summed E-state index contributed by atoms with van der Waals surface area (Å²) in [7, 11) is 0. The molecule has 0 atom stereocenters. The second-order valence-corrected chi connectivity index (χ2v) is 7.82. The first kappa shape index (κ1) is 28.6. The Morgan fingerprint density at radius 1 is 0.618 bits per heavy atom. The number of ether oxygens (including phenoxy) is 2. The Kier molecular flexibility index (Phi) is 8.60. The fourth-order valence-corrected chi connectivity index (χ4v) is 2.22. The summed E-state index contributed by atoms with van der Waals surface area (Å²) in [6.45, 7) is 4.73. The third-order valence-corrected chi connectivity index (χ3v) is 4.15. The lowest BCUT2D eigenvalue weighted by atomic mass is 10.1. The molecule has 0 aliphatic rings. The fourth-order valence-electron chi connectivity index (χ4n) is 2.22. The molecule has 0 fully saturated rings. The minimum atomic E-state index is -4.58. The zero-order chi connectivity index (χ0) is 26.5. The van der Waals surface area contributed by atoms with Crippen molar-refractivity contribution >= 4 is 11.9 Å². The van der Waals surface area contributed by atoms with E-state index >= 15 is 0 Å². The molecule has 12 heteroatoms. The average Bonchev–Trinajstić information content (AvgIpc) is 2.67. The van der Waals surface area contributed by atoms with Gasteiger partial charge >= 0.3 is 24.3 Å². The number of hydrogen-bond acceptors (Lipinski definition) is 4. The summed E-state index contributed by atoms with van der Waals surface area (Å²) in [6.07, 6.45) is -9.16. The van der Waals surface area contributed by atoms with Crippen molar-refractivity contribution in [2.24, 2.45) is 0 Å². The predicted octanol–water partition coefficient (Wildman–Crippen LogP) is 5.89. The van der Waals surface area contributed by atoms with E-state index in [9.17, 15) is 35.9 Å². The summed E-state index contributed by atoms with van der Waals surface area (Å²) in [5.41, 5.74) is -5.42. The summed E-state index contributed by atoms with van der Waals surface area (Å²) in [4.78, 5) is 21.6. The van der Waals surface area contributed by atoms with E-state index in [0.29, 0.717) is 0 Å². The van der Waals surface area contributed by atoms with Gasteiger partial charge in [0.2, 0.25) is 0 Å². The van der Waals surface area contributed by atoms with E-state index in [4.69, 9.17) is 19.7 Å². The van der Waals surface area contributed by atoms with Gasteiger partial charge in [-0.3, -0.25) is 0 Å². The zero-order valence-corrected chi connectivity index (χ0v) is 18.4. The smallest absolute Gasteiger partial charge is 0.419 e. The number of alkyl halides is 6. The maximum absolute atomic E-state index is 12.6. The third-order valence-electron chi connectivity index (χ3n) is 4.15. The van der Waals surface area contributed by atoms with Crippen molar-refractivity contribution in [2.45, 2.75) is 51.2 Å². The molecule has 34 heavy (non-hydrogen) atoms. The van der Waals surface area contributed by atoms with Crippen molar-refractivity contribution in [3.05, 3.63) is 59.7 Å². The highest BCUT2D eigenvalue weighted by molar-refractivity contribution is 5.77. The van der Waals surface area contributed by atoms with Crippen LogP contribution in [0.15, 0.2) is 48.5 Å². The molecule has 2 N–H and O–H groups in total. The number of carbonyl (C=O) groups is 2. The predicted molar refractivity (Wildman–Crippen MR) is 108 cm³/mol. The van der Waals surface area contributed by atoms with Gasteiger partial charge in [-0.15, -0.1) is 0 Å². The first-order chi connectivity index (χ1) is 15.3. The van der Waals surface area contributed by atoms with Gasteiger partial charge in [0.25, 0.3) is 0 Å². The Bertz CT molecular complexity index is 930. The third kappa shape index (κ3) is 7.85. The molecule has 0 aromatic heterocycles. The van der Waals surface area contributed by atoms with Crippen LogP contribution in [-0.2, 0) is 21.9 Å². The quantitative estimate of drug-likeness (QED) is 0.484. The number of aliphatic carboxylic acids is 2. The zero-order valence-electron chi connectivity index (χ0n) is 18.4. The van der Waals surface area contributed by atoms with Gasteiger partial charge in [0, 0.05) is 0 Å². The molecule has 2 aromatic carbocycles. The Balaban J connectivity index is 0.000000340. The number of para-hydroxylation sites is 2. The summed E-state index contributed by atoms with van der Waals surface area (Å²) in [6, 6.07) is 8.99. The summed E-state index contributed by atoms with van der Waals surface area (Å²) < 4.78 is 85.4. The highest BCUT2D eigenvalue weighted by atomic mass is 19.4. The number of hydrogen-bond donors (Lipinski definition) is 2. The number of carboxylic acids is 2. The number of benzene rings is 2. The Morgan fingerprint density at radius 2 is 0.882 bits per heavy atom. The van der Waals surface area contributed by atoms with Crippen LogP contribution < -0.4 is 9.47 Å². The van der Waals surface area contributed by atoms with Gasteiger partial charge in [0.05, 0.1) is 11.1 Å². The maximum Gasteiger partial charge on any atom is 0.419 e. The molecule has 0 unspecified atom stereocenters. The lowest BCUT2D eigenvalue weighted by Gasteiger charge is -2.23. The second-order valence-electron chi connectivity index (χ2n) is 7.82. The van der Waals surface area contributed by atoms with Gasteiger partial charge in [-0.25, -0.2) is 9.59 Å². The van der Waals surface area contributed by atoms with E-state index in [0.717, 1.165) is 24.3 Å². The molecule has 188 valence electrons. The van der Waals surface area contributed by atoms with Crippen molar-refractivity contribution in [3.63, 3.8) is 0 Å². The molecule has 0 spiro atoms. The van der Waals surface area contributed by atoms with E-state index in [1.54, 1.807) is 0 Å². The van der Waals surface area contributed by atoms with E-state index in [1.165, 1.54) is 52.0 Å². The molecule has 0 radical (unpaired) electrons. The first-order valence-corrected chi connectivity index (χ1v) is 9.46. The normalized spacial score (nSPS) is 12.3. The van der Waals surface area contributed by atoms with Gasteiger partial charge < -0.3 is 19.7 Å². The van der Waals surface area contributed by atoms with Crippen LogP contribution in [0.25, 0.3) is 0 Å². The molecule has 0 saturated heterocycles. The van der Waals surface area contributed by atoms with E-state index in [2.05, 4.69) is 0 Å². The topological polar surface area (TPSA) is 93.1 Å². The van der Waals surface area contributed by atoms with Gasteiger partial charge in [-0.2, -0.15) is 26.3 Å².